The predicted molar refractivity (Wildman–Crippen MR) is 125 cm³/mol. The molecule has 8 nitrogen and oxygen atoms in total. The first-order valence-corrected chi connectivity index (χ1v) is 10.5. The fraction of sp³-hybridized carbons (Fsp3) is 0.0417. The van der Waals surface area contributed by atoms with Crippen LogP contribution in [-0.4, -0.2) is 32.1 Å². The van der Waals surface area contributed by atoms with Crippen LogP contribution in [0.2, 0.25) is 0 Å². The van der Waals surface area contributed by atoms with Crippen LogP contribution in [0.3, 0.4) is 0 Å². The molecule has 1 aliphatic heterocycles. The summed E-state index contributed by atoms with van der Waals surface area (Å²) in [5.41, 5.74) is -0.510. The molecule has 33 heavy (non-hydrogen) atoms. The van der Waals surface area contributed by atoms with Gasteiger partial charge in [-0.15, -0.1) is 0 Å². The number of aliphatic imine (C=N–C) groups is 1. The third-order valence-corrected chi connectivity index (χ3v) is 5.80. The maximum absolute atomic E-state index is 13.4. The maximum Gasteiger partial charge on any atom is 0.350 e. The first-order valence-electron chi connectivity index (χ1n) is 10.1. The lowest BCUT2D eigenvalue weighted by atomic mass is 9.83. The van der Waals surface area contributed by atoms with Gasteiger partial charge in [0.15, 0.2) is 5.54 Å². The standard InChI is InChI=1S/C24H17N5O3S/c30-19(16-10-4-1-5-11-16)28-22(32)27-29(23(28)33)21-25-20(31)24(26-21,17-12-6-2-7-13-17)18-14-8-3-9-15-18/h1-15H,(H,27,32)(H,25,26,31). The van der Waals surface area contributed by atoms with E-state index in [0.29, 0.717) is 16.7 Å². The molecule has 1 aromatic heterocycles. The number of hydrogen-bond acceptors (Lipinski definition) is 5. The molecular formula is C24H17N5O3S. The third-order valence-electron chi connectivity index (χ3n) is 5.44. The third kappa shape index (κ3) is 3.26. The molecule has 0 bridgehead atoms. The highest BCUT2D eigenvalue weighted by Crippen LogP contribution is 2.37. The van der Waals surface area contributed by atoms with Crippen LogP contribution in [0.5, 0.6) is 0 Å². The minimum Gasteiger partial charge on any atom is -0.292 e. The molecule has 4 aromatic rings. The Labute approximate surface area is 192 Å². The number of nitrogens with zero attached hydrogens (tertiary/aromatic N) is 3. The van der Waals surface area contributed by atoms with E-state index in [0.717, 1.165) is 9.25 Å². The summed E-state index contributed by atoms with van der Waals surface area (Å²) < 4.78 is 1.85. The summed E-state index contributed by atoms with van der Waals surface area (Å²) in [6.45, 7) is 0. The number of benzene rings is 3. The first kappa shape index (κ1) is 20.5. The van der Waals surface area contributed by atoms with E-state index in [1.807, 2.05) is 60.7 Å². The Morgan fingerprint density at radius 1 is 0.818 bits per heavy atom. The van der Waals surface area contributed by atoms with Crippen molar-refractivity contribution in [3.8, 4) is 0 Å². The zero-order chi connectivity index (χ0) is 23.0. The fourth-order valence-electron chi connectivity index (χ4n) is 3.86. The van der Waals surface area contributed by atoms with Crippen LogP contribution >= 0.6 is 12.2 Å². The van der Waals surface area contributed by atoms with Gasteiger partial charge in [-0.3, -0.25) is 14.9 Å². The summed E-state index contributed by atoms with van der Waals surface area (Å²) >= 11 is 5.41. The number of carbonyl (C=O) groups is 2. The normalized spacial score (nSPS) is 14.5. The maximum atomic E-state index is 13.4. The lowest BCUT2D eigenvalue weighted by Crippen LogP contribution is -2.39. The van der Waals surface area contributed by atoms with Gasteiger partial charge in [-0.1, -0.05) is 78.9 Å². The van der Waals surface area contributed by atoms with Gasteiger partial charge in [-0.25, -0.2) is 14.9 Å². The first-order chi connectivity index (χ1) is 16.0. The molecule has 0 atom stereocenters. The Hall–Kier alpha value is -4.37. The number of hydrogen-bond donors (Lipinski definition) is 2. The molecular weight excluding hydrogens is 438 g/mol. The Bertz CT molecular complexity index is 1460. The number of amides is 1. The number of H-pyrrole nitrogens is 1. The molecule has 0 radical (unpaired) electrons. The van der Waals surface area contributed by atoms with Crippen molar-refractivity contribution >= 4 is 30.0 Å². The summed E-state index contributed by atoms with van der Waals surface area (Å²) in [5, 5.41) is 5.25. The predicted octanol–water partition coefficient (Wildman–Crippen LogP) is 2.67. The van der Waals surface area contributed by atoms with Crippen molar-refractivity contribution in [1.29, 1.82) is 0 Å². The van der Waals surface area contributed by atoms with Crippen molar-refractivity contribution in [2.24, 2.45) is 4.99 Å². The van der Waals surface area contributed by atoms with Gasteiger partial charge in [-0.2, -0.15) is 9.25 Å². The summed E-state index contributed by atoms with van der Waals surface area (Å²) in [6, 6.07) is 26.6. The topological polar surface area (TPSA) is 101 Å². The van der Waals surface area contributed by atoms with Gasteiger partial charge in [0.1, 0.15) is 0 Å². The van der Waals surface area contributed by atoms with Gasteiger partial charge in [0.2, 0.25) is 10.7 Å². The number of nitrogens with one attached hydrogen (secondary N) is 2. The molecule has 162 valence electrons. The van der Waals surface area contributed by atoms with Crippen LogP contribution in [0.1, 0.15) is 21.5 Å². The number of aromatic amines is 1. The van der Waals surface area contributed by atoms with Gasteiger partial charge in [0.25, 0.3) is 11.8 Å². The highest BCUT2D eigenvalue weighted by atomic mass is 32.1. The molecule has 0 fully saturated rings. The molecule has 0 aliphatic carbocycles. The van der Waals surface area contributed by atoms with Crippen LogP contribution in [0, 0.1) is 4.77 Å². The molecule has 1 aliphatic rings. The van der Waals surface area contributed by atoms with E-state index >= 15 is 0 Å². The van der Waals surface area contributed by atoms with Crippen molar-refractivity contribution in [2.75, 3.05) is 0 Å². The highest BCUT2D eigenvalue weighted by molar-refractivity contribution is 7.71. The van der Waals surface area contributed by atoms with Crippen molar-refractivity contribution in [3.05, 3.63) is 123 Å². The lowest BCUT2D eigenvalue weighted by Gasteiger charge is -2.24. The molecule has 9 heteroatoms. The molecule has 0 saturated heterocycles. The minimum absolute atomic E-state index is 0.0226. The van der Waals surface area contributed by atoms with Gasteiger partial charge in [0.05, 0.1) is 0 Å². The van der Waals surface area contributed by atoms with Crippen LogP contribution in [0.15, 0.2) is 101 Å². The van der Waals surface area contributed by atoms with Gasteiger partial charge in [-0.05, 0) is 35.5 Å². The average molecular weight is 455 g/mol. The monoisotopic (exact) mass is 455 g/mol. The molecule has 3 aromatic carbocycles. The second-order valence-corrected chi connectivity index (χ2v) is 7.74. The van der Waals surface area contributed by atoms with E-state index in [9.17, 15) is 14.4 Å². The molecule has 5 rings (SSSR count). The second kappa shape index (κ2) is 7.95. The quantitative estimate of drug-likeness (QED) is 0.464. The fourth-order valence-corrected chi connectivity index (χ4v) is 4.16. The summed E-state index contributed by atoms with van der Waals surface area (Å²) in [6.07, 6.45) is 0. The van der Waals surface area contributed by atoms with E-state index in [-0.39, 0.29) is 10.7 Å². The number of aromatic nitrogens is 3. The summed E-state index contributed by atoms with van der Waals surface area (Å²) in [7, 11) is 0. The van der Waals surface area contributed by atoms with Crippen LogP contribution in [-0.2, 0) is 10.3 Å². The van der Waals surface area contributed by atoms with Crippen molar-refractivity contribution in [2.45, 2.75) is 5.54 Å². The molecule has 0 unspecified atom stereocenters. The van der Waals surface area contributed by atoms with Gasteiger partial charge < -0.3 is 0 Å². The number of rotatable bonds is 3. The average Bonchev–Trinajstić information content (AvgIpc) is 3.36. The van der Waals surface area contributed by atoms with Crippen LogP contribution in [0.4, 0.5) is 0 Å². The van der Waals surface area contributed by atoms with E-state index in [2.05, 4.69) is 10.4 Å². The zero-order valence-electron chi connectivity index (χ0n) is 17.1. The van der Waals surface area contributed by atoms with Gasteiger partial charge in [0, 0.05) is 5.56 Å². The Morgan fingerprint density at radius 2 is 1.33 bits per heavy atom. The zero-order valence-corrected chi connectivity index (χ0v) is 18.0. The van der Waals surface area contributed by atoms with Crippen molar-refractivity contribution in [1.82, 2.24) is 19.7 Å². The Kier molecular flexibility index (Phi) is 4.95. The highest BCUT2D eigenvalue weighted by Gasteiger charge is 2.47. The number of carbonyl (C=O) groups excluding carboxylic acids is 2. The second-order valence-electron chi connectivity index (χ2n) is 7.37. The van der Waals surface area contributed by atoms with Crippen LogP contribution in [0.25, 0.3) is 0 Å². The Morgan fingerprint density at radius 3 is 1.88 bits per heavy atom. The van der Waals surface area contributed by atoms with E-state index in [1.165, 1.54) is 0 Å². The lowest BCUT2D eigenvalue weighted by molar-refractivity contribution is -0.122. The minimum atomic E-state index is -1.38. The van der Waals surface area contributed by atoms with E-state index in [1.54, 1.807) is 30.3 Å². The smallest absolute Gasteiger partial charge is 0.292 e. The molecule has 2 N–H and O–H groups in total. The van der Waals surface area contributed by atoms with Crippen molar-refractivity contribution < 1.29 is 9.59 Å². The van der Waals surface area contributed by atoms with E-state index < -0.39 is 23.0 Å². The molecule has 0 spiro atoms. The largest absolute Gasteiger partial charge is 0.350 e. The molecule has 0 saturated carbocycles. The molecule has 1 amide bonds. The SMILES string of the molecule is O=C(c1ccccc1)n1c(=O)[nH]n(C2=NC(c3ccccc3)(c3ccccc3)C(=O)N2)c1=S. The van der Waals surface area contributed by atoms with Crippen LogP contribution < -0.4 is 11.0 Å². The summed E-state index contributed by atoms with van der Waals surface area (Å²) in [5.74, 6) is -0.961. The van der Waals surface area contributed by atoms with Gasteiger partial charge >= 0.3 is 5.69 Å². The van der Waals surface area contributed by atoms with Crippen molar-refractivity contribution in [3.63, 3.8) is 0 Å². The Balaban J connectivity index is 1.67. The summed E-state index contributed by atoms with van der Waals surface area (Å²) in [4.78, 5) is 43.6. The van der Waals surface area contributed by atoms with E-state index in [4.69, 9.17) is 17.2 Å². The molecule has 2 heterocycles.